The first-order valence-corrected chi connectivity index (χ1v) is 13.4. The lowest BCUT2D eigenvalue weighted by molar-refractivity contribution is -0.110. The topological polar surface area (TPSA) is 93.0 Å². The molecule has 1 saturated heterocycles. The van der Waals surface area contributed by atoms with Gasteiger partial charge in [0, 0.05) is 49.9 Å². The number of halogens is 1. The van der Waals surface area contributed by atoms with Crippen molar-refractivity contribution in [3.05, 3.63) is 97.2 Å². The smallest absolute Gasteiger partial charge is 0.212 e. The van der Waals surface area contributed by atoms with E-state index in [9.17, 15) is 4.39 Å². The molecule has 212 valence electrons. The predicted molar refractivity (Wildman–Crippen MR) is 157 cm³/mol. The van der Waals surface area contributed by atoms with Crippen LogP contribution in [0.3, 0.4) is 0 Å². The highest BCUT2D eigenvalue weighted by molar-refractivity contribution is 5.69. The van der Waals surface area contributed by atoms with Crippen LogP contribution < -0.4 is 10.6 Å². The number of hydroxylamine groups is 2. The fourth-order valence-corrected chi connectivity index (χ4v) is 3.98. The van der Waals surface area contributed by atoms with Gasteiger partial charge in [0.05, 0.1) is 18.3 Å². The van der Waals surface area contributed by atoms with Gasteiger partial charge in [-0.1, -0.05) is 44.2 Å². The minimum atomic E-state index is -0.428. The molecular formula is C30H39FN8O. The highest BCUT2D eigenvalue weighted by Gasteiger charge is 2.21. The van der Waals surface area contributed by atoms with Crippen LogP contribution in [0.5, 0.6) is 0 Å². The molecule has 5 rings (SSSR count). The second-order valence-electron chi connectivity index (χ2n) is 9.10. The van der Waals surface area contributed by atoms with Gasteiger partial charge in [-0.15, -0.1) is 0 Å². The molecule has 1 fully saturated rings. The van der Waals surface area contributed by atoms with Crippen molar-refractivity contribution in [1.82, 2.24) is 35.1 Å². The first kappa shape index (κ1) is 30.4. The Bertz CT molecular complexity index is 1280. The van der Waals surface area contributed by atoms with Crippen molar-refractivity contribution in [2.24, 2.45) is 0 Å². The highest BCUT2D eigenvalue weighted by Crippen LogP contribution is 2.29. The van der Waals surface area contributed by atoms with E-state index in [-0.39, 0.29) is 0 Å². The molecule has 1 aliphatic rings. The van der Waals surface area contributed by atoms with Crippen molar-refractivity contribution in [2.75, 3.05) is 32.1 Å². The zero-order chi connectivity index (χ0) is 28.7. The third-order valence-corrected chi connectivity index (χ3v) is 6.04. The van der Waals surface area contributed by atoms with Gasteiger partial charge in [0.25, 0.3) is 0 Å². The van der Waals surface area contributed by atoms with E-state index in [0.29, 0.717) is 6.04 Å². The van der Waals surface area contributed by atoms with Crippen molar-refractivity contribution in [3.63, 3.8) is 0 Å². The maximum Gasteiger partial charge on any atom is 0.212 e. The van der Waals surface area contributed by atoms with E-state index in [0.717, 1.165) is 53.8 Å². The number of aromatic nitrogens is 5. The Hall–Kier alpha value is -4.15. The summed E-state index contributed by atoms with van der Waals surface area (Å²) in [5, 5.41) is 13.1. The minimum Gasteiger partial charge on any atom is -0.385 e. The first-order valence-electron chi connectivity index (χ1n) is 13.4. The standard InChI is InChI=1S/C16H17N5.C9H18N2O.C5H4FN/c1-11-15(13-9-18-12(2)19-10-13)20-21(16(11)17-3)14-7-5-4-6-8-14;1-3-5-6-11-7-9(8-12-11)10-4-2;6-5-3-1-2-4-7-5/h4-10,17H,1-3H3;4,9-10H,2-3,5-8H2,1H3;1-4H. The van der Waals surface area contributed by atoms with E-state index in [1.807, 2.05) is 73.4 Å². The Labute approximate surface area is 236 Å². The SMILES string of the molecule is C=CNC1CON(CCCC)C1.CNc1c(C)c(-c2cnc(C)nc2)nn1-c1ccccc1.Fc1ccccn1. The Kier molecular flexibility index (Phi) is 12.2. The largest absolute Gasteiger partial charge is 0.385 e. The first-order chi connectivity index (χ1) is 19.5. The van der Waals surface area contributed by atoms with Crippen LogP contribution in [0, 0.1) is 19.8 Å². The van der Waals surface area contributed by atoms with E-state index in [4.69, 9.17) is 9.94 Å². The fraction of sp³-hybridized carbons (Fsp3) is 0.333. The number of aryl methyl sites for hydroxylation is 1. The van der Waals surface area contributed by atoms with Gasteiger partial charge in [-0.2, -0.15) is 14.6 Å². The van der Waals surface area contributed by atoms with Gasteiger partial charge in [0.15, 0.2) is 0 Å². The molecule has 9 nitrogen and oxygen atoms in total. The highest BCUT2D eigenvalue weighted by atomic mass is 19.1. The third-order valence-electron chi connectivity index (χ3n) is 6.04. The normalized spacial score (nSPS) is 14.4. The molecule has 10 heteroatoms. The van der Waals surface area contributed by atoms with Crippen molar-refractivity contribution in [1.29, 1.82) is 0 Å². The van der Waals surface area contributed by atoms with Gasteiger partial charge >= 0.3 is 0 Å². The zero-order valence-electron chi connectivity index (χ0n) is 23.7. The van der Waals surface area contributed by atoms with Crippen LogP contribution in [0.1, 0.15) is 31.2 Å². The molecule has 3 aromatic heterocycles. The van der Waals surface area contributed by atoms with E-state index >= 15 is 0 Å². The maximum absolute atomic E-state index is 11.8. The van der Waals surface area contributed by atoms with Gasteiger partial charge in [-0.3, -0.25) is 4.84 Å². The molecule has 1 aliphatic heterocycles. The molecule has 2 N–H and O–H groups in total. The molecule has 4 aromatic rings. The monoisotopic (exact) mass is 546 g/mol. The summed E-state index contributed by atoms with van der Waals surface area (Å²) in [7, 11) is 1.90. The second kappa shape index (κ2) is 16.1. The molecule has 1 atom stereocenters. The van der Waals surface area contributed by atoms with Crippen LogP contribution in [0.2, 0.25) is 0 Å². The number of rotatable bonds is 8. The molecular weight excluding hydrogens is 507 g/mol. The van der Waals surface area contributed by atoms with Crippen LogP contribution in [-0.4, -0.2) is 62.6 Å². The van der Waals surface area contributed by atoms with E-state index in [1.165, 1.54) is 25.1 Å². The summed E-state index contributed by atoms with van der Waals surface area (Å²) in [5.41, 5.74) is 3.91. The van der Waals surface area contributed by atoms with Crippen LogP contribution in [0.25, 0.3) is 16.9 Å². The van der Waals surface area contributed by atoms with Crippen molar-refractivity contribution in [3.8, 4) is 16.9 Å². The predicted octanol–water partition coefficient (Wildman–Crippen LogP) is 5.34. The number of nitrogens with zero attached hydrogens (tertiary/aromatic N) is 6. The summed E-state index contributed by atoms with van der Waals surface area (Å²) in [6, 6.07) is 15.1. The van der Waals surface area contributed by atoms with Crippen molar-refractivity contribution >= 4 is 5.82 Å². The van der Waals surface area contributed by atoms with Crippen LogP contribution >= 0.6 is 0 Å². The molecule has 4 heterocycles. The molecule has 1 unspecified atom stereocenters. The minimum absolute atomic E-state index is 0.428. The van der Waals surface area contributed by atoms with E-state index < -0.39 is 5.95 Å². The lowest BCUT2D eigenvalue weighted by Crippen LogP contribution is -2.30. The summed E-state index contributed by atoms with van der Waals surface area (Å²) in [6.07, 6.45) is 9.20. The number of unbranched alkanes of at least 4 members (excludes halogenated alkanes) is 1. The number of benzene rings is 1. The van der Waals surface area contributed by atoms with Crippen LogP contribution in [0.15, 0.2) is 79.9 Å². The summed E-state index contributed by atoms with van der Waals surface area (Å²) < 4.78 is 13.7. The third kappa shape index (κ3) is 8.96. The van der Waals surface area contributed by atoms with Gasteiger partial charge in [-0.05, 0) is 50.7 Å². The van der Waals surface area contributed by atoms with Gasteiger partial charge in [-0.25, -0.2) is 19.6 Å². The lowest BCUT2D eigenvalue weighted by atomic mass is 10.1. The molecule has 0 amide bonds. The van der Waals surface area contributed by atoms with Crippen molar-refractivity contribution in [2.45, 2.75) is 39.7 Å². The average molecular weight is 547 g/mol. The molecule has 0 radical (unpaired) electrons. The molecule has 0 bridgehead atoms. The Balaban J connectivity index is 0.000000194. The Morgan fingerprint density at radius 2 is 1.80 bits per heavy atom. The van der Waals surface area contributed by atoms with Crippen LogP contribution in [-0.2, 0) is 4.84 Å². The number of hydrogen-bond donors (Lipinski definition) is 2. The average Bonchev–Trinajstić information content (AvgIpc) is 3.57. The molecule has 0 spiro atoms. The van der Waals surface area contributed by atoms with E-state index in [2.05, 4.69) is 39.1 Å². The summed E-state index contributed by atoms with van der Waals surface area (Å²) in [6.45, 7) is 12.5. The Morgan fingerprint density at radius 3 is 2.38 bits per heavy atom. The number of anilines is 1. The maximum atomic E-state index is 11.8. The number of para-hydroxylation sites is 1. The summed E-state index contributed by atoms with van der Waals surface area (Å²) >= 11 is 0. The molecule has 0 aliphatic carbocycles. The molecule has 1 aromatic carbocycles. The van der Waals surface area contributed by atoms with Crippen LogP contribution in [0.4, 0.5) is 10.2 Å². The number of hydrogen-bond acceptors (Lipinski definition) is 8. The summed E-state index contributed by atoms with van der Waals surface area (Å²) in [5.74, 6) is 1.30. The van der Waals surface area contributed by atoms with Gasteiger partial charge < -0.3 is 10.6 Å². The molecule has 0 saturated carbocycles. The van der Waals surface area contributed by atoms with E-state index in [1.54, 1.807) is 18.3 Å². The Morgan fingerprint density at radius 1 is 1.07 bits per heavy atom. The zero-order valence-corrected chi connectivity index (χ0v) is 23.7. The van der Waals surface area contributed by atoms with Crippen molar-refractivity contribution < 1.29 is 9.23 Å². The van der Waals surface area contributed by atoms with Gasteiger partial charge in [0.1, 0.15) is 17.3 Å². The molecule has 40 heavy (non-hydrogen) atoms. The second-order valence-corrected chi connectivity index (χ2v) is 9.10. The number of nitrogens with one attached hydrogen (secondary N) is 2. The quantitative estimate of drug-likeness (QED) is 0.286. The lowest BCUT2D eigenvalue weighted by Gasteiger charge is -2.12. The summed E-state index contributed by atoms with van der Waals surface area (Å²) in [4.78, 5) is 17.3. The fourth-order valence-electron chi connectivity index (χ4n) is 3.98. The van der Waals surface area contributed by atoms with Gasteiger partial charge in [0.2, 0.25) is 5.95 Å². The number of pyridine rings is 1.